The van der Waals surface area contributed by atoms with E-state index < -0.39 is 22.7 Å². The molecule has 6 heterocycles. The molecule has 6 aliphatic rings. The molecule has 0 aliphatic carbocycles. The number of rotatable bonds is 28. The standard InChI is InChI=1S/C42H57N3O6.C20H27NO3.C14H15NO2.C6H9NO/c1-7-9-13-29-18-20-32(21-19-29)45-39(49)33(38(40(45)50)34(8-2)44-23-12-17-36(44)47)27-41(3,4)30-14-10-15-31(26-30)42(5,6)28-37(48)51-25-24-43-22-11-16-35(43)46;1-15(2)16-7-5-8-17(13-16)20(3,4)14-19(23)24-12-11-21-10-6-9-18(21)22;1-2-3-4-11-5-7-12(8-6-11)15-13(16)9-10-14(15)17;1-2-7-5-3-4-6(7)8/h10,14-15,18-21,26,33-34,38H,7-9,11-13,16-17,22-25,27-28H2,1-6H3;5,7-8,13H,1,6,9-12,14H2,2-4H3;5-10H,2-4H2,1H3;2H,1,3-5H2. The quantitative estimate of drug-likeness (QED) is 0.0384. The Morgan fingerprint density at radius 2 is 1.00 bits per heavy atom. The van der Waals surface area contributed by atoms with E-state index in [2.05, 4.69) is 59.1 Å². The summed E-state index contributed by atoms with van der Waals surface area (Å²) >= 11 is 0. The van der Waals surface area contributed by atoms with Crippen LogP contribution >= 0.6 is 0 Å². The minimum Gasteiger partial charge on any atom is -0.464 e. The first-order chi connectivity index (χ1) is 47.6. The maximum Gasteiger partial charge on any atom is 0.306 e. The number of nitrogens with zero attached hydrogens (tertiary/aromatic N) is 6. The molecule has 0 radical (unpaired) electrons. The Balaban J connectivity index is 0.000000233. The second-order valence-corrected chi connectivity index (χ2v) is 29.1. The van der Waals surface area contributed by atoms with Crippen molar-refractivity contribution < 1.29 is 57.4 Å². The molecule has 0 bridgehead atoms. The molecule has 4 aromatic rings. The Morgan fingerprint density at radius 3 is 1.42 bits per heavy atom. The zero-order chi connectivity index (χ0) is 72.9. The molecule has 0 saturated carbocycles. The fourth-order valence-electron chi connectivity index (χ4n) is 13.9. The summed E-state index contributed by atoms with van der Waals surface area (Å²) in [6.07, 6.45) is 18.0. The first-order valence-electron chi connectivity index (χ1n) is 36.2. The predicted molar refractivity (Wildman–Crippen MR) is 391 cm³/mol. The Morgan fingerprint density at radius 1 is 0.550 bits per heavy atom. The maximum atomic E-state index is 14.5. The topological polar surface area (TPSA) is 209 Å². The average Bonchev–Trinajstić information content (AvgIpc) is 1.59. The number of hydrogen-bond donors (Lipinski definition) is 0. The summed E-state index contributed by atoms with van der Waals surface area (Å²) in [4.78, 5) is 134. The predicted octanol–water partition coefficient (Wildman–Crippen LogP) is 13.5. The van der Waals surface area contributed by atoms with Crippen molar-refractivity contribution in [2.75, 3.05) is 62.3 Å². The van der Waals surface area contributed by atoms with Crippen LogP contribution in [0, 0.1) is 11.8 Å². The lowest BCUT2D eigenvalue weighted by atomic mass is 9.71. The molecule has 5 fully saturated rings. The lowest BCUT2D eigenvalue weighted by molar-refractivity contribution is -0.147. The van der Waals surface area contributed by atoms with E-state index in [1.165, 1.54) is 33.1 Å². The fraction of sp³-hybridized carbons (Fsp3) is 0.512. The molecule has 5 saturated heterocycles. The van der Waals surface area contributed by atoms with Gasteiger partial charge in [0.15, 0.2) is 0 Å². The number of hydrogen-bond acceptors (Lipinski definition) is 12. The van der Waals surface area contributed by atoms with Gasteiger partial charge in [-0.25, -0.2) is 9.80 Å². The zero-order valence-electron chi connectivity index (χ0n) is 61.1. The van der Waals surface area contributed by atoms with Crippen molar-refractivity contribution >= 4 is 76.1 Å². The molecule has 18 nitrogen and oxygen atoms in total. The zero-order valence-corrected chi connectivity index (χ0v) is 61.1. The smallest absolute Gasteiger partial charge is 0.306 e. The van der Waals surface area contributed by atoms with Crippen molar-refractivity contribution in [3.63, 3.8) is 0 Å². The van der Waals surface area contributed by atoms with E-state index in [1.807, 2.05) is 125 Å². The largest absolute Gasteiger partial charge is 0.464 e. The van der Waals surface area contributed by atoms with Crippen molar-refractivity contribution in [1.29, 1.82) is 0 Å². The van der Waals surface area contributed by atoms with Gasteiger partial charge in [-0.15, -0.1) is 0 Å². The van der Waals surface area contributed by atoms with Gasteiger partial charge in [-0.05, 0) is 140 Å². The number of likely N-dealkylation sites (tertiary alicyclic amines) is 4. The third kappa shape index (κ3) is 21.1. The van der Waals surface area contributed by atoms with Gasteiger partial charge in [-0.2, -0.15) is 0 Å². The summed E-state index contributed by atoms with van der Waals surface area (Å²) in [5.74, 6) is -2.24. The fourth-order valence-corrected chi connectivity index (χ4v) is 13.9. The number of esters is 2. The third-order valence-electron chi connectivity index (χ3n) is 20.0. The summed E-state index contributed by atoms with van der Waals surface area (Å²) in [6.45, 7) is 32.4. The lowest BCUT2D eigenvalue weighted by Gasteiger charge is -2.36. The number of imide groups is 2. The van der Waals surface area contributed by atoms with Gasteiger partial charge in [0.05, 0.1) is 49.1 Å². The molecule has 4 aromatic carbocycles. The Kier molecular flexibility index (Phi) is 28.7. The number of carbonyl (C=O) groups excluding carboxylic acids is 10. The number of anilines is 2. The van der Waals surface area contributed by atoms with E-state index in [0.29, 0.717) is 82.5 Å². The van der Waals surface area contributed by atoms with E-state index in [-0.39, 0.29) is 90.3 Å². The molecule has 3 unspecified atom stereocenters. The highest BCUT2D eigenvalue weighted by molar-refractivity contribution is 6.28. The first kappa shape index (κ1) is 78.5. The van der Waals surface area contributed by atoms with Crippen LogP contribution in [0.3, 0.4) is 0 Å². The molecule has 18 heteroatoms. The molecule has 0 spiro atoms. The summed E-state index contributed by atoms with van der Waals surface area (Å²) in [5, 5.41) is 0. The second kappa shape index (κ2) is 36.5. The van der Waals surface area contributed by atoms with Gasteiger partial charge >= 0.3 is 11.9 Å². The number of carbonyl (C=O) groups is 10. The number of aryl methyl sites for hydroxylation is 2. The van der Waals surface area contributed by atoms with Crippen molar-refractivity contribution in [3.8, 4) is 0 Å². The normalized spacial score (nSPS) is 18.1. The van der Waals surface area contributed by atoms with Crippen LogP contribution in [0.4, 0.5) is 11.4 Å². The van der Waals surface area contributed by atoms with Crippen LogP contribution in [0.2, 0.25) is 0 Å². The average molecular weight is 1370 g/mol. The number of benzene rings is 4. The minimum atomic E-state index is -0.645. The van der Waals surface area contributed by atoms with Crippen LogP contribution in [-0.2, 0) is 86.5 Å². The summed E-state index contributed by atoms with van der Waals surface area (Å²) in [7, 11) is 0. The van der Waals surface area contributed by atoms with Crippen LogP contribution in [0.1, 0.15) is 205 Å². The van der Waals surface area contributed by atoms with Gasteiger partial charge in [0.25, 0.3) is 11.8 Å². The molecular formula is C82H108N6O12. The number of unbranched alkanes of at least 4 members (excludes halogenated alkanes) is 2. The summed E-state index contributed by atoms with van der Waals surface area (Å²) in [5.41, 5.74) is 7.46. The van der Waals surface area contributed by atoms with E-state index in [9.17, 15) is 47.9 Å². The molecule has 8 amide bonds. The SMILES string of the molecule is C=C(C)c1cccc(C(C)(C)CC(=O)OCCN2CCCC2=O)c1.C=CN1CCCC1=O.CCCCc1ccc(N2C(=O)C(CC(C)(C)c3cccc(C(C)(C)CC(=O)OCCN4CCCC4=O)c3)C(C(CC)N3CCCC3=O)C2=O)cc1.CCCCc1ccc(N2C(=O)C=CC2=O)cc1. The van der Waals surface area contributed by atoms with Crippen molar-refractivity contribution in [1.82, 2.24) is 19.6 Å². The van der Waals surface area contributed by atoms with Crippen LogP contribution in [0.25, 0.3) is 5.57 Å². The van der Waals surface area contributed by atoms with Gasteiger partial charge in [-0.1, -0.05) is 167 Å². The molecule has 0 N–H and O–H groups in total. The van der Waals surface area contributed by atoms with Gasteiger partial charge in [-0.3, -0.25) is 47.9 Å². The highest BCUT2D eigenvalue weighted by atomic mass is 16.5. The first-order valence-corrected chi connectivity index (χ1v) is 36.2. The molecule has 3 atom stereocenters. The molecule has 10 rings (SSSR count). The van der Waals surface area contributed by atoms with Gasteiger partial charge in [0.2, 0.25) is 35.4 Å². The van der Waals surface area contributed by atoms with Gasteiger partial charge < -0.3 is 29.1 Å². The van der Waals surface area contributed by atoms with Crippen LogP contribution < -0.4 is 9.80 Å². The van der Waals surface area contributed by atoms with Crippen molar-refractivity contribution in [2.24, 2.45) is 11.8 Å². The van der Waals surface area contributed by atoms with Crippen LogP contribution in [-0.4, -0.2) is 137 Å². The highest BCUT2D eigenvalue weighted by Gasteiger charge is 2.54. The van der Waals surface area contributed by atoms with E-state index >= 15 is 0 Å². The van der Waals surface area contributed by atoms with E-state index in [1.54, 1.807) is 20.9 Å². The van der Waals surface area contributed by atoms with Crippen molar-refractivity contribution in [2.45, 2.75) is 207 Å². The second-order valence-electron chi connectivity index (χ2n) is 29.1. The maximum absolute atomic E-state index is 14.5. The lowest BCUT2D eigenvalue weighted by Crippen LogP contribution is -2.46. The molecule has 538 valence electrons. The number of ether oxygens (including phenoxy) is 2. The monoisotopic (exact) mass is 1370 g/mol. The summed E-state index contributed by atoms with van der Waals surface area (Å²) in [6, 6.07) is 31.3. The van der Waals surface area contributed by atoms with E-state index in [0.717, 1.165) is 105 Å². The highest BCUT2D eigenvalue weighted by Crippen LogP contribution is 2.44. The Bertz CT molecular complexity index is 3590. The number of amides is 8. The Labute approximate surface area is 593 Å². The van der Waals surface area contributed by atoms with E-state index in [4.69, 9.17) is 9.47 Å². The van der Waals surface area contributed by atoms with Crippen LogP contribution in [0.5, 0.6) is 0 Å². The molecule has 100 heavy (non-hydrogen) atoms. The van der Waals surface area contributed by atoms with Gasteiger partial charge in [0.1, 0.15) is 13.2 Å². The van der Waals surface area contributed by atoms with Gasteiger partial charge in [0, 0.05) is 80.9 Å². The Hall–Kier alpha value is -8.80. The van der Waals surface area contributed by atoms with Crippen molar-refractivity contribution in [3.05, 3.63) is 162 Å². The number of allylic oxidation sites excluding steroid dienone is 1. The van der Waals surface area contributed by atoms with Crippen LogP contribution in [0.15, 0.2) is 129 Å². The molecule has 6 aliphatic heterocycles. The third-order valence-corrected chi connectivity index (χ3v) is 20.0. The minimum absolute atomic E-state index is 0.0526. The molecular weight excluding hydrogens is 1260 g/mol. The summed E-state index contributed by atoms with van der Waals surface area (Å²) < 4.78 is 10.9. The molecule has 0 aromatic heterocycles.